The van der Waals surface area contributed by atoms with Crippen LogP contribution in [0.1, 0.15) is 12.0 Å². The summed E-state index contributed by atoms with van der Waals surface area (Å²) in [5, 5.41) is 8.70. The number of hydrogen-bond acceptors (Lipinski definition) is 3. The first-order valence-corrected chi connectivity index (χ1v) is 4.78. The molecule has 0 fully saturated rings. The lowest BCUT2D eigenvalue weighted by Crippen LogP contribution is -2.26. The fraction of sp³-hybridized carbons (Fsp3) is 0.455. The van der Waals surface area contributed by atoms with Crippen molar-refractivity contribution in [1.29, 1.82) is 0 Å². The van der Waals surface area contributed by atoms with Gasteiger partial charge in [-0.3, -0.25) is 0 Å². The van der Waals surface area contributed by atoms with Gasteiger partial charge in [0, 0.05) is 6.04 Å². The van der Waals surface area contributed by atoms with Crippen LogP contribution in [0, 0.1) is 6.92 Å². The van der Waals surface area contributed by atoms with Crippen molar-refractivity contribution in [3.8, 4) is 5.75 Å². The van der Waals surface area contributed by atoms with Crippen molar-refractivity contribution in [2.75, 3.05) is 13.2 Å². The number of rotatable bonds is 5. The molecular weight excluding hydrogens is 178 g/mol. The van der Waals surface area contributed by atoms with Gasteiger partial charge in [-0.05, 0) is 31.0 Å². The summed E-state index contributed by atoms with van der Waals surface area (Å²) in [5.41, 5.74) is 6.71. The average Bonchev–Trinajstić information content (AvgIpc) is 2.17. The zero-order valence-electron chi connectivity index (χ0n) is 8.44. The molecule has 0 aliphatic carbocycles. The van der Waals surface area contributed by atoms with E-state index in [-0.39, 0.29) is 12.6 Å². The smallest absolute Gasteiger partial charge is 0.119 e. The molecule has 1 aromatic carbocycles. The van der Waals surface area contributed by atoms with E-state index < -0.39 is 0 Å². The average molecular weight is 195 g/mol. The Kier molecular flexibility index (Phi) is 4.43. The third-order valence-electron chi connectivity index (χ3n) is 1.98. The molecule has 0 aliphatic heterocycles. The van der Waals surface area contributed by atoms with Gasteiger partial charge in [-0.25, -0.2) is 0 Å². The first-order valence-electron chi connectivity index (χ1n) is 4.78. The monoisotopic (exact) mass is 195 g/mol. The summed E-state index contributed by atoms with van der Waals surface area (Å²) in [4.78, 5) is 0. The number of ether oxygens (including phenoxy) is 1. The van der Waals surface area contributed by atoms with E-state index in [0.29, 0.717) is 13.0 Å². The second-order valence-corrected chi connectivity index (χ2v) is 3.40. The van der Waals surface area contributed by atoms with Crippen LogP contribution in [0.15, 0.2) is 24.3 Å². The predicted molar refractivity (Wildman–Crippen MR) is 56.4 cm³/mol. The van der Waals surface area contributed by atoms with Gasteiger partial charge in [0.25, 0.3) is 0 Å². The Morgan fingerprint density at radius 1 is 1.50 bits per heavy atom. The molecule has 3 nitrogen and oxygen atoms in total. The fourth-order valence-electron chi connectivity index (χ4n) is 1.12. The van der Waals surface area contributed by atoms with Crippen LogP contribution in [-0.2, 0) is 0 Å². The largest absolute Gasteiger partial charge is 0.494 e. The van der Waals surface area contributed by atoms with Gasteiger partial charge in [-0.1, -0.05) is 12.1 Å². The summed E-state index contributed by atoms with van der Waals surface area (Å²) in [7, 11) is 0. The molecule has 1 aromatic rings. The van der Waals surface area contributed by atoms with Crippen molar-refractivity contribution in [2.45, 2.75) is 19.4 Å². The molecule has 0 aliphatic rings. The normalized spacial score (nSPS) is 12.5. The van der Waals surface area contributed by atoms with E-state index in [1.165, 1.54) is 5.56 Å². The molecule has 0 saturated heterocycles. The maximum Gasteiger partial charge on any atom is 0.119 e. The van der Waals surface area contributed by atoms with Gasteiger partial charge in [0.1, 0.15) is 5.75 Å². The van der Waals surface area contributed by atoms with Gasteiger partial charge in [0.15, 0.2) is 0 Å². The minimum Gasteiger partial charge on any atom is -0.494 e. The van der Waals surface area contributed by atoms with Crippen LogP contribution in [-0.4, -0.2) is 24.4 Å². The lowest BCUT2D eigenvalue weighted by molar-refractivity contribution is 0.230. The zero-order valence-corrected chi connectivity index (χ0v) is 8.44. The van der Waals surface area contributed by atoms with Gasteiger partial charge in [0.05, 0.1) is 13.2 Å². The van der Waals surface area contributed by atoms with Crippen LogP contribution in [0.2, 0.25) is 0 Å². The lowest BCUT2D eigenvalue weighted by atomic mass is 10.2. The standard InChI is InChI=1S/C11H17NO2/c1-9-3-2-4-11(7-9)14-6-5-10(12)8-13/h2-4,7,10,13H,5-6,8,12H2,1H3. The molecule has 1 unspecified atom stereocenters. The van der Waals surface area contributed by atoms with Crippen molar-refractivity contribution in [2.24, 2.45) is 5.73 Å². The van der Waals surface area contributed by atoms with E-state index in [0.717, 1.165) is 5.75 Å². The zero-order chi connectivity index (χ0) is 10.4. The lowest BCUT2D eigenvalue weighted by Gasteiger charge is -2.09. The van der Waals surface area contributed by atoms with E-state index in [4.69, 9.17) is 15.6 Å². The Balaban J connectivity index is 2.31. The maximum absolute atomic E-state index is 8.70. The van der Waals surface area contributed by atoms with Crippen molar-refractivity contribution < 1.29 is 9.84 Å². The molecule has 0 bridgehead atoms. The minimum atomic E-state index is -0.181. The molecule has 14 heavy (non-hydrogen) atoms. The highest BCUT2D eigenvalue weighted by Crippen LogP contribution is 2.12. The highest BCUT2D eigenvalue weighted by molar-refractivity contribution is 5.27. The van der Waals surface area contributed by atoms with Crippen molar-refractivity contribution in [1.82, 2.24) is 0 Å². The van der Waals surface area contributed by atoms with E-state index >= 15 is 0 Å². The topological polar surface area (TPSA) is 55.5 Å². The van der Waals surface area contributed by atoms with Gasteiger partial charge < -0.3 is 15.6 Å². The molecule has 0 spiro atoms. The van der Waals surface area contributed by atoms with Gasteiger partial charge >= 0.3 is 0 Å². The number of benzene rings is 1. The minimum absolute atomic E-state index is 0.0111. The van der Waals surface area contributed by atoms with E-state index in [9.17, 15) is 0 Å². The Morgan fingerprint density at radius 2 is 2.29 bits per heavy atom. The third kappa shape index (κ3) is 3.77. The quantitative estimate of drug-likeness (QED) is 0.739. The van der Waals surface area contributed by atoms with E-state index in [1.807, 2.05) is 31.2 Å². The van der Waals surface area contributed by atoms with Crippen LogP contribution in [0.3, 0.4) is 0 Å². The van der Waals surface area contributed by atoms with Crippen LogP contribution in [0.5, 0.6) is 5.75 Å². The first kappa shape index (κ1) is 11.0. The molecule has 1 atom stereocenters. The highest BCUT2D eigenvalue weighted by Gasteiger charge is 2.00. The second-order valence-electron chi connectivity index (χ2n) is 3.40. The molecule has 3 heteroatoms. The van der Waals surface area contributed by atoms with Gasteiger partial charge in [0.2, 0.25) is 0 Å². The van der Waals surface area contributed by atoms with Crippen LogP contribution in [0.4, 0.5) is 0 Å². The summed E-state index contributed by atoms with van der Waals surface area (Å²) in [6.07, 6.45) is 0.671. The predicted octanol–water partition coefficient (Wildman–Crippen LogP) is 1.08. The summed E-state index contributed by atoms with van der Waals surface area (Å²) in [6, 6.07) is 7.69. The Bertz CT molecular complexity index is 276. The van der Waals surface area contributed by atoms with Crippen LogP contribution < -0.4 is 10.5 Å². The number of aliphatic hydroxyl groups excluding tert-OH is 1. The Hall–Kier alpha value is -1.06. The van der Waals surface area contributed by atoms with E-state index in [1.54, 1.807) is 0 Å². The number of aryl methyl sites for hydroxylation is 1. The van der Waals surface area contributed by atoms with Crippen LogP contribution >= 0.6 is 0 Å². The summed E-state index contributed by atoms with van der Waals surface area (Å²) < 4.78 is 5.47. The molecule has 0 aromatic heterocycles. The second kappa shape index (κ2) is 5.62. The fourth-order valence-corrected chi connectivity index (χ4v) is 1.12. The SMILES string of the molecule is Cc1cccc(OCCC(N)CO)c1. The Morgan fingerprint density at radius 3 is 2.93 bits per heavy atom. The number of hydrogen-bond donors (Lipinski definition) is 2. The van der Waals surface area contributed by atoms with Crippen molar-refractivity contribution in [3.63, 3.8) is 0 Å². The summed E-state index contributed by atoms with van der Waals surface area (Å²) in [6.45, 7) is 2.58. The van der Waals surface area contributed by atoms with E-state index in [2.05, 4.69) is 0 Å². The summed E-state index contributed by atoms with van der Waals surface area (Å²) in [5.74, 6) is 0.857. The number of aliphatic hydroxyl groups is 1. The molecule has 3 N–H and O–H groups in total. The first-order chi connectivity index (χ1) is 6.72. The molecule has 0 heterocycles. The maximum atomic E-state index is 8.70. The number of nitrogens with two attached hydrogens (primary N) is 1. The van der Waals surface area contributed by atoms with Crippen LogP contribution in [0.25, 0.3) is 0 Å². The van der Waals surface area contributed by atoms with Crippen molar-refractivity contribution >= 4 is 0 Å². The van der Waals surface area contributed by atoms with Crippen molar-refractivity contribution in [3.05, 3.63) is 29.8 Å². The van der Waals surface area contributed by atoms with Gasteiger partial charge in [-0.2, -0.15) is 0 Å². The molecule has 0 radical (unpaired) electrons. The Labute approximate surface area is 84.5 Å². The summed E-state index contributed by atoms with van der Waals surface area (Å²) >= 11 is 0. The molecule has 78 valence electrons. The highest BCUT2D eigenvalue weighted by atomic mass is 16.5. The molecule has 0 amide bonds. The molecule has 0 saturated carbocycles. The third-order valence-corrected chi connectivity index (χ3v) is 1.98. The molecule has 1 rings (SSSR count). The van der Waals surface area contributed by atoms with Gasteiger partial charge in [-0.15, -0.1) is 0 Å². The molecular formula is C11H17NO2.